The maximum atomic E-state index is 13.3. The van der Waals surface area contributed by atoms with Crippen molar-refractivity contribution in [1.82, 2.24) is 9.88 Å². The Bertz CT molecular complexity index is 928. The number of aromatic amines is 1. The Hall–Kier alpha value is -2.31. The molecule has 6 rings (SSSR count). The molecule has 29 heavy (non-hydrogen) atoms. The maximum absolute atomic E-state index is 13.3. The summed E-state index contributed by atoms with van der Waals surface area (Å²) < 4.78 is 17.8. The normalized spacial score (nSPS) is 24.7. The molecule has 0 radical (unpaired) electrons. The summed E-state index contributed by atoms with van der Waals surface area (Å²) in [7, 11) is 0. The zero-order chi connectivity index (χ0) is 19.8. The van der Waals surface area contributed by atoms with E-state index in [0.29, 0.717) is 32.2 Å². The molecule has 2 fully saturated rings. The molecular weight excluding hydrogens is 368 g/mol. The Morgan fingerprint density at radius 1 is 1.31 bits per heavy atom. The first-order valence-corrected chi connectivity index (χ1v) is 10.7. The predicted octanol–water partition coefficient (Wildman–Crippen LogP) is 3.42. The second-order valence-corrected chi connectivity index (χ2v) is 8.25. The third-order valence-corrected chi connectivity index (χ3v) is 6.27. The van der Waals surface area contributed by atoms with Gasteiger partial charge in [-0.2, -0.15) is 0 Å². The van der Waals surface area contributed by atoms with Crippen molar-refractivity contribution >= 4 is 16.8 Å². The molecule has 3 aliphatic heterocycles. The molecule has 6 heteroatoms. The van der Waals surface area contributed by atoms with Gasteiger partial charge in [0.15, 0.2) is 5.79 Å². The van der Waals surface area contributed by atoms with Crippen LogP contribution in [0.4, 0.5) is 0 Å². The van der Waals surface area contributed by atoms with E-state index in [1.807, 2.05) is 29.3 Å². The lowest BCUT2D eigenvalue weighted by Crippen LogP contribution is -2.63. The van der Waals surface area contributed by atoms with Gasteiger partial charge in [0.05, 0.1) is 26.2 Å². The minimum absolute atomic E-state index is 0.112. The van der Waals surface area contributed by atoms with Gasteiger partial charge in [0.2, 0.25) is 5.91 Å². The lowest BCUT2D eigenvalue weighted by atomic mass is 9.80. The van der Waals surface area contributed by atoms with Crippen molar-refractivity contribution in [3.63, 3.8) is 0 Å². The third-order valence-electron chi connectivity index (χ3n) is 6.27. The van der Waals surface area contributed by atoms with Gasteiger partial charge in [-0.3, -0.25) is 4.79 Å². The number of carbonyl (C=O) groups excluding carboxylic acids is 1. The number of H-pyrrole nitrogens is 1. The molecule has 4 aliphatic rings. The standard InChI is InChI=1S/C23H28N2O4/c1-2-3-8-27-18-5-6-20-19(12-18)17(14-24-20)11-22(26)25-15-16-4-7-21(25)23(13-16)28-9-10-29-23/h4-7,12,14,16,21,24H,2-3,8-11,13,15H2,1H3. The van der Waals surface area contributed by atoms with Crippen molar-refractivity contribution in [2.24, 2.45) is 5.92 Å². The van der Waals surface area contributed by atoms with Crippen LogP contribution in [-0.2, 0) is 20.7 Å². The van der Waals surface area contributed by atoms with Gasteiger partial charge in [-0.1, -0.05) is 25.5 Å². The van der Waals surface area contributed by atoms with Crippen LogP contribution in [0.3, 0.4) is 0 Å². The summed E-state index contributed by atoms with van der Waals surface area (Å²) in [4.78, 5) is 18.5. The lowest BCUT2D eigenvalue weighted by molar-refractivity contribution is -0.223. The van der Waals surface area contributed by atoms with E-state index in [-0.39, 0.29) is 11.9 Å². The topological polar surface area (TPSA) is 63.8 Å². The quantitative estimate of drug-likeness (QED) is 0.600. The predicted molar refractivity (Wildman–Crippen MR) is 110 cm³/mol. The van der Waals surface area contributed by atoms with E-state index >= 15 is 0 Å². The van der Waals surface area contributed by atoms with E-state index in [2.05, 4.69) is 24.1 Å². The summed E-state index contributed by atoms with van der Waals surface area (Å²) in [5.41, 5.74) is 2.02. The molecule has 2 saturated heterocycles. The van der Waals surface area contributed by atoms with Gasteiger partial charge < -0.3 is 24.1 Å². The Morgan fingerprint density at radius 3 is 2.97 bits per heavy atom. The second kappa shape index (κ2) is 7.50. The highest BCUT2D eigenvalue weighted by atomic mass is 16.7. The van der Waals surface area contributed by atoms with E-state index in [1.165, 1.54) is 0 Å². The van der Waals surface area contributed by atoms with Crippen molar-refractivity contribution in [1.29, 1.82) is 0 Å². The van der Waals surface area contributed by atoms with Crippen molar-refractivity contribution in [3.05, 3.63) is 42.1 Å². The molecule has 2 unspecified atom stereocenters. The third kappa shape index (κ3) is 3.34. The SMILES string of the molecule is CCCCOc1ccc2[nH]cc(CC(=O)N3CC4C=CC3C3(C4)OCCO3)c2c1. The van der Waals surface area contributed by atoms with E-state index in [0.717, 1.165) is 48.0 Å². The maximum Gasteiger partial charge on any atom is 0.227 e. The molecule has 154 valence electrons. The van der Waals surface area contributed by atoms with E-state index in [9.17, 15) is 4.79 Å². The summed E-state index contributed by atoms with van der Waals surface area (Å²) in [6.45, 7) is 4.80. The largest absolute Gasteiger partial charge is 0.494 e. The van der Waals surface area contributed by atoms with Crippen molar-refractivity contribution in [2.45, 2.75) is 44.4 Å². The molecule has 4 heterocycles. The van der Waals surface area contributed by atoms with E-state index in [4.69, 9.17) is 14.2 Å². The Balaban J connectivity index is 1.35. The molecule has 1 N–H and O–H groups in total. The fourth-order valence-electron chi connectivity index (χ4n) is 4.80. The molecule has 0 saturated carbocycles. The molecule has 1 aromatic carbocycles. The number of nitrogens with one attached hydrogen (secondary N) is 1. The van der Waals surface area contributed by atoms with Crippen LogP contribution in [0, 0.1) is 5.92 Å². The fraction of sp³-hybridized carbons (Fsp3) is 0.522. The molecule has 2 aromatic rings. The van der Waals surface area contributed by atoms with Crippen molar-refractivity contribution in [3.8, 4) is 5.75 Å². The summed E-state index contributed by atoms with van der Waals surface area (Å²) in [5.74, 6) is 0.614. The van der Waals surface area contributed by atoms with E-state index < -0.39 is 5.79 Å². The van der Waals surface area contributed by atoms with Gasteiger partial charge in [-0.05, 0) is 36.1 Å². The highest BCUT2D eigenvalue weighted by molar-refractivity contribution is 5.90. The number of aromatic nitrogens is 1. The van der Waals surface area contributed by atoms with Gasteiger partial charge in [0.25, 0.3) is 0 Å². The number of hydrogen-bond donors (Lipinski definition) is 1. The molecule has 1 amide bonds. The number of piperidine rings is 1. The van der Waals surface area contributed by atoms with Gasteiger partial charge in [-0.25, -0.2) is 0 Å². The number of rotatable bonds is 6. The molecule has 2 bridgehead atoms. The molecule has 2 atom stereocenters. The molecule has 6 nitrogen and oxygen atoms in total. The average molecular weight is 396 g/mol. The first-order valence-electron chi connectivity index (χ1n) is 10.7. The Labute approximate surface area is 170 Å². The highest BCUT2D eigenvalue weighted by Crippen LogP contribution is 2.43. The van der Waals surface area contributed by atoms with Crippen LogP contribution >= 0.6 is 0 Å². The minimum atomic E-state index is -0.645. The lowest BCUT2D eigenvalue weighted by Gasteiger charge is -2.50. The summed E-state index contributed by atoms with van der Waals surface area (Å²) in [5, 5.41) is 1.05. The molecule has 1 aromatic heterocycles. The number of unbranched alkanes of at least 4 members (excludes halogenated alkanes) is 1. The number of carbonyl (C=O) groups is 1. The summed E-state index contributed by atoms with van der Waals surface area (Å²) in [6.07, 6.45) is 9.57. The van der Waals surface area contributed by atoms with Crippen LogP contribution in [0.25, 0.3) is 10.9 Å². The Kier molecular flexibility index (Phi) is 4.84. The van der Waals surface area contributed by atoms with Crippen LogP contribution < -0.4 is 4.74 Å². The smallest absolute Gasteiger partial charge is 0.227 e. The van der Waals surface area contributed by atoms with Crippen LogP contribution in [-0.4, -0.2) is 54.0 Å². The van der Waals surface area contributed by atoms with Crippen LogP contribution in [0.15, 0.2) is 36.5 Å². The number of benzene rings is 1. The molecular formula is C23H28N2O4. The number of amides is 1. The van der Waals surface area contributed by atoms with Gasteiger partial charge >= 0.3 is 0 Å². The zero-order valence-corrected chi connectivity index (χ0v) is 16.9. The second-order valence-electron chi connectivity index (χ2n) is 8.25. The van der Waals surface area contributed by atoms with Gasteiger partial charge in [0.1, 0.15) is 11.8 Å². The number of nitrogens with zero attached hydrogens (tertiary/aromatic N) is 1. The number of hydrogen-bond acceptors (Lipinski definition) is 4. The van der Waals surface area contributed by atoms with Crippen LogP contribution in [0.1, 0.15) is 31.7 Å². The fourth-order valence-corrected chi connectivity index (χ4v) is 4.80. The molecule has 1 spiro atoms. The first kappa shape index (κ1) is 18.7. The number of fused-ring (bicyclic) bond motifs is 2. The minimum Gasteiger partial charge on any atom is -0.494 e. The monoisotopic (exact) mass is 396 g/mol. The van der Waals surface area contributed by atoms with Gasteiger partial charge in [0, 0.05) is 30.1 Å². The zero-order valence-electron chi connectivity index (χ0n) is 16.9. The Morgan fingerprint density at radius 2 is 2.17 bits per heavy atom. The van der Waals surface area contributed by atoms with Crippen LogP contribution in [0.2, 0.25) is 0 Å². The summed E-state index contributed by atoms with van der Waals surface area (Å²) >= 11 is 0. The molecule has 1 aliphatic carbocycles. The number of ether oxygens (including phenoxy) is 3. The van der Waals surface area contributed by atoms with E-state index in [1.54, 1.807) is 0 Å². The van der Waals surface area contributed by atoms with Gasteiger partial charge in [-0.15, -0.1) is 0 Å². The highest BCUT2D eigenvalue weighted by Gasteiger charge is 2.54. The van der Waals surface area contributed by atoms with Crippen molar-refractivity contribution < 1.29 is 19.0 Å². The van der Waals surface area contributed by atoms with Crippen LogP contribution in [0.5, 0.6) is 5.75 Å². The average Bonchev–Trinajstić information content (AvgIpc) is 3.36. The first-order chi connectivity index (χ1) is 14.2. The van der Waals surface area contributed by atoms with Crippen molar-refractivity contribution in [2.75, 3.05) is 26.4 Å². The summed E-state index contributed by atoms with van der Waals surface area (Å²) in [6, 6.07) is 5.90.